The molecular weight excluding hydrogens is 309 g/mol. The first-order chi connectivity index (χ1) is 8.98. The summed E-state index contributed by atoms with van der Waals surface area (Å²) in [6.07, 6.45) is 3.19. The van der Waals surface area contributed by atoms with Crippen LogP contribution in [0.15, 0.2) is 16.6 Å². The zero-order chi connectivity index (χ0) is 13.8. The Morgan fingerprint density at radius 3 is 2.89 bits per heavy atom. The van der Waals surface area contributed by atoms with E-state index in [0.717, 1.165) is 36.0 Å². The maximum Gasteiger partial charge on any atom is 0.170 e. The van der Waals surface area contributed by atoms with Crippen molar-refractivity contribution in [1.29, 1.82) is 0 Å². The Morgan fingerprint density at radius 1 is 1.47 bits per heavy atom. The fourth-order valence-corrected chi connectivity index (χ4v) is 4.23. The van der Waals surface area contributed by atoms with Crippen LogP contribution >= 0.6 is 15.9 Å². The maximum absolute atomic E-state index is 13.7. The van der Waals surface area contributed by atoms with E-state index in [1.54, 1.807) is 6.07 Å². The fraction of sp³-hybridized carbons (Fsp3) is 0.400. The van der Waals surface area contributed by atoms with Gasteiger partial charge >= 0.3 is 0 Å². The molecule has 1 aromatic carbocycles. The minimum Gasteiger partial charge on any atom is -0.396 e. The fourth-order valence-electron chi connectivity index (χ4n) is 3.40. The number of benzene rings is 1. The predicted octanol–water partition coefficient (Wildman–Crippen LogP) is 3.83. The van der Waals surface area contributed by atoms with Crippen LogP contribution in [0.25, 0.3) is 5.57 Å². The highest BCUT2D eigenvalue weighted by Crippen LogP contribution is 2.56. The van der Waals surface area contributed by atoms with Crippen LogP contribution < -0.4 is 5.73 Å². The highest BCUT2D eigenvalue weighted by Gasteiger charge is 2.45. The van der Waals surface area contributed by atoms with Crippen LogP contribution in [0, 0.1) is 11.2 Å². The van der Waals surface area contributed by atoms with Gasteiger partial charge < -0.3 is 5.73 Å². The predicted molar refractivity (Wildman–Crippen MR) is 77.3 cm³/mol. The molecule has 1 atom stereocenters. The Bertz CT molecular complexity index is 623. The number of Topliss-reactive ketones (excluding diaryl/α,β-unsaturated/α-hetero) is 1. The second-order valence-corrected chi connectivity index (χ2v) is 6.25. The van der Waals surface area contributed by atoms with E-state index in [2.05, 4.69) is 22.9 Å². The number of nitrogen functional groups attached to an aromatic ring is 1. The number of rotatable bonds is 1. The van der Waals surface area contributed by atoms with E-state index in [4.69, 9.17) is 5.73 Å². The van der Waals surface area contributed by atoms with Crippen LogP contribution in [0.3, 0.4) is 0 Å². The van der Waals surface area contributed by atoms with Crippen LogP contribution in [0.1, 0.15) is 37.3 Å². The molecular formula is C15H15BrFNO. The van der Waals surface area contributed by atoms with Gasteiger partial charge in [0.1, 0.15) is 5.82 Å². The molecule has 100 valence electrons. The summed E-state index contributed by atoms with van der Waals surface area (Å²) < 4.78 is 14.4. The molecule has 1 aromatic rings. The van der Waals surface area contributed by atoms with Gasteiger partial charge in [-0.2, -0.15) is 0 Å². The number of fused-ring (bicyclic) bond motifs is 3. The minimum absolute atomic E-state index is 0.0324. The minimum atomic E-state index is -0.406. The van der Waals surface area contributed by atoms with Crippen molar-refractivity contribution in [3.63, 3.8) is 0 Å². The van der Waals surface area contributed by atoms with E-state index < -0.39 is 5.82 Å². The monoisotopic (exact) mass is 323 g/mol. The third-order valence-electron chi connectivity index (χ3n) is 4.52. The Balaban J connectivity index is 2.29. The molecule has 4 heteroatoms. The number of ketones is 1. The SMILES string of the molecule is CCC12CCC(=O)C(Br)=C1c1cc(F)c(N)cc1C2. The molecule has 2 nitrogen and oxygen atoms in total. The summed E-state index contributed by atoms with van der Waals surface area (Å²) in [4.78, 5) is 11.9. The number of hydrogen-bond acceptors (Lipinski definition) is 2. The van der Waals surface area contributed by atoms with Crippen molar-refractivity contribution >= 4 is 33.0 Å². The number of nitrogens with two attached hydrogens (primary N) is 1. The van der Waals surface area contributed by atoms with Gasteiger partial charge in [-0.25, -0.2) is 4.39 Å². The van der Waals surface area contributed by atoms with Gasteiger partial charge in [0.25, 0.3) is 0 Å². The Hall–Kier alpha value is -1.16. The molecule has 19 heavy (non-hydrogen) atoms. The van der Waals surface area contributed by atoms with Crippen LogP contribution in [0.2, 0.25) is 0 Å². The van der Waals surface area contributed by atoms with Crippen molar-refractivity contribution in [2.24, 2.45) is 5.41 Å². The quantitative estimate of drug-likeness (QED) is 0.798. The lowest BCUT2D eigenvalue weighted by atomic mass is 9.71. The molecule has 0 aliphatic heterocycles. The summed E-state index contributed by atoms with van der Waals surface area (Å²) in [7, 11) is 0. The molecule has 2 aliphatic carbocycles. The molecule has 2 aliphatic rings. The zero-order valence-electron chi connectivity index (χ0n) is 10.7. The van der Waals surface area contributed by atoms with E-state index in [1.165, 1.54) is 6.07 Å². The molecule has 0 heterocycles. The van der Waals surface area contributed by atoms with Gasteiger partial charge in [-0.3, -0.25) is 4.79 Å². The van der Waals surface area contributed by atoms with E-state index >= 15 is 0 Å². The van der Waals surface area contributed by atoms with Crippen molar-refractivity contribution in [2.45, 2.75) is 32.6 Å². The standard InChI is InChI=1S/C15H15BrFNO/c1-2-15-4-3-12(19)14(16)13(15)9-6-10(17)11(18)5-8(9)7-15/h5-6H,2-4,7,18H2,1H3. The topological polar surface area (TPSA) is 43.1 Å². The third-order valence-corrected chi connectivity index (χ3v) is 5.36. The molecule has 1 unspecified atom stereocenters. The van der Waals surface area contributed by atoms with Crippen molar-refractivity contribution in [3.05, 3.63) is 33.6 Å². The number of allylic oxidation sites excluding steroid dienone is 2. The second kappa shape index (κ2) is 4.17. The Labute approximate surface area is 120 Å². The van der Waals surface area contributed by atoms with Crippen molar-refractivity contribution in [2.75, 3.05) is 5.73 Å². The van der Waals surface area contributed by atoms with Gasteiger partial charge in [0.15, 0.2) is 5.78 Å². The second-order valence-electron chi connectivity index (χ2n) is 5.45. The molecule has 0 aromatic heterocycles. The van der Waals surface area contributed by atoms with Crippen molar-refractivity contribution in [3.8, 4) is 0 Å². The zero-order valence-corrected chi connectivity index (χ0v) is 12.3. The molecule has 2 N–H and O–H groups in total. The van der Waals surface area contributed by atoms with Gasteiger partial charge in [0.05, 0.1) is 10.2 Å². The molecule has 0 fully saturated rings. The van der Waals surface area contributed by atoms with Gasteiger partial charge in [0, 0.05) is 11.8 Å². The van der Waals surface area contributed by atoms with Crippen LogP contribution in [0.4, 0.5) is 10.1 Å². The van der Waals surface area contributed by atoms with Gasteiger partial charge in [-0.15, -0.1) is 0 Å². The molecule has 0 bridgehead atoms. The lowest BCUT2D eigenvalue weighted by Gasteiger charge is -2.34. The number of hydrogen-bond donors (Lipinski definition) is 1. The average molecular weight is 324 g/mol. The van der Waals surface area contributed by atoms with Crippen molar-refractivity contribution in [1.82, 2.24) is 0 Å². The number of carbonyl (C=O) groups excluding carboxylic acids is 1. The molecule has 3 rings (SSSR count). The molecule has 0 radical (unpaired) electrons. The first kappa shape index (κ1) is 12.9. The largest absolute Gasteiger partial charge is 0.396 e. The average Bonchev–Trinajstić information content (AvgIpc) is 2.70. The van der Waals surface area contributed by atoms with Crippen LogP contribution in [-0.2, 0) is 11.2 Å². The smallest absolute Gasteiger partial charge is 0.170 e. The number of anilines is 1. The lowest BCUT2D eigenvalue weighted by molar-refractivity contribution is -0.115. The van der Waals surface area contributed by atoms with Crippen LogP contribution in [-0.4, -0.2) is 5.78 Å². The normalized spacial score (nSPS) is 25.5. The van der Waals surface area contributed by atoms with E-state index in [9.17, 15) is 9.18 Å². The highest BCUT2D eigenvalue weighted by atomic mass is 79.9. The molecule has 0 amide bonds. The first-order valence-electron chi connectivity index (χ1n) is 6.50. The summed E-state index contributed by atoms with van der Waals surface area (Å²) in [5.74, 6) is -0.291. The van der Waals surface area contributed by atoms with Gasteiger partial charge in [-0.05, 0) is 64.0 Å². The van der Waals surface area contributed by atoms with E-state index in [-0.39, 0.29) is 16.9 Å². The summed E-state index contributed by atoms with van der Waals surface area (Å²) in [5.41, 5.74) is 8.71. The summed E-state index contributed by atoms with van der Waals surface area (Å²) in [6.45, 7) is 2.13. The Kier molecular flexibility index (Phi) is 2.82. The lowest BCUT2D eigenvalue weighted by Crippen LogP contribution is -2.26. The van der Waals surface area contributed by atoms with Crippen molar-refractivity contribution < 1.29 is 9.18 Å². The van der Waals surface area contributed by atoms with Gasteiger partial charge in [0.2, 0.25) is 0 Å². The van der Waals surface area contributed by atoms with Crippen LogP contribution in [0.5, 0.6) is 0 Å². The summed E-state index contributed by atoms with van der Waals surface area (Å²) in [5, 5.41) is 0. The molecule has 0 spiro atoms. The highest BCUT2D eigenvalue weighted by molar-refractivity contribution is 9.12. The molecule has 0 saturated heterocycles. The summed E-state index contributed by atoms with van der Waals surface area (Å²) >= 11 is 3.43. The van der Waals surface area contributed by atoms with Gasteiger partial charge in [-0.1, -0.05) is 6.92 Å². The first-order valence-corrected chi connectivity index (χ1v) is 7.29. The third kappa shape index (κ3) is 1.69. The summed E-state index contributed by atoms with van der Waals surface area (Å²) in [6, 6.07) is 3.20. The van der Waals surface area contributed by atoms with E-state index in [1.807, 2.05) is 0 Å². The number of halogens is 2. The number of carbonyl (C=O) groups is 1. The molecule has 0 saturated carbocycles. The Morgan fingerprint density at radius 2 is 2.21 bits per heavy atom. The van der Waals surface area contributed by atoms with E-state index in [0.29, 0.717) is 10.9 Å². The maximum atomic E-state index is 13.7.